The van der Waals surface area contributed by atoms with Gasteiger partial charge in [-0.2, -0.15) is 0 Å². The van der Waals surface area contributed by atoms with Crippen LogP contribution in [0.2, 0.25) is 0 Å². The summed E-state index contributed by atoms with van der Waals surface area (Å²) in [6, 6.07) is 4.67. The number of nitrogens with one attached hydrogen (secondary N) is 1. The van der Waals surface area contributed by atoms with Crippen LogP contribution < -0.4 is 0 Å². The van der Waals surface area contributed by atoms with Crippen molar-refractivity contribution in [1.82, 2.24) is 14.8 Å². The minimum absolute atomic E-state index is 0.0995. The third kappa shape index (κ3) is 3.73. The third-order valence-corrected chi connectivity index (χ3v) is 5.72. The molecule has 1 aromatic carbocycles. The predicted octanol–water partition coefficient (Wildman–Crippen LogP) is 2.78. The van der Waals surface area contributed by atoms with E-state index >= 15 is 0 Å². The minimum Gasteiger partial charge on any atom is -0.378 e. The topological polar surface area (TPSA) is 65.6 Å². The number of aromatic amines is 1. The maximum Gasteiger partial charge on any atom is 0.270 e. The Bertz CT molecular complexity index is 878. The molecule has 2 saturated heterocycles. The van der Waals surface area contributed by atoms with Gasteiger partial charge in [-0.25, -0.2) is 4.39 Å². The lowest BCUT2D eigenvalue weighted by Gasteiger charge is -2.36. The summed E-state index contributed by atoms with van der Waals surface area (Å²) in [6.45, 7) is 3.36. The molecular formula is C19H21BrFN3O3. The van der Waals surface area contributed by atoms with Gasteiger partial charge in [0, 0.05) is 36.0 Å². The van der Waals surface area contributed by atoms with E-state index in [9.17, 15) is 14.0 Å². The van der Waals surface area contributed by atoms with Crippen molar-refractivity contribution in [3.63, 3.8) is 0 Å². The Kier molecular flexibility index (Phi) is 5.19. The molecule has 2 aromatic rings. The summed E-state index contributed by atoms with van der Waals surface area (Å²) in [7, 11) is 0. The largest absolute Gasteiger partial charge is 0.378 e. The zero-order chi connectivity index (χ0) is 19.0. The van der Waals surface area contributed by atoms with Crippen molar-refractivity contribution in [2.75, 3.05) is 39.4 Å². The van der Waals surface area contributed by atoms with Crippen molar-refractivity contribution >= 4 is 38.6 Å². The van der Waals surface area contributed by atoms with Gasteiger partial charge in [0.1, 0.15) is 11.5 Å². The number of piperidine rings is 1. The van der Waals surface area contributed by atoms with Gasteiger partial charge in [-0.3, -0.25) is 9.59 Å². The molecule has 144 valence electrons. The van der Waals surface area contributed by atoms with Crippen LogP contribution in [0.3, 0.4) is 0 Å². The Morgan fingerprint density at radius 1 is 1.15 bits per heavy atom. The highest BCUT2D eigenvalue weighted by Crippen LogP contribution is 2.26. The Labute approximate surface area is 164 Å². The molecule has 1 atom stereocenters. The van der Waals surface area contributed by atoms with E-state index in [-0.39, 0.29) is 23.5 Å². The molecule has 2 aliphatic heterocycles. The van der Waals surface area contributed by atoms with Crippen molar-refractivity contribution < 1.29 is 18.7 Å². The number of carbonyl (C=O) groups excluding carboxylic acids is 2. The average molecular weight is 438 g/mol. The highest BCUT2D eigenvalue weighted by Gasteiger charge is 2.32. The monoisotopic (exact) mass is 437 g/mol. The van der Waals surface area contributed by atoms with Crippen molar-refractivity contribution in [2.45, 2.75) is 12.8 Å². The number of fused-ring (bicyclic) bond motifs is 1. The van der Waals surface area contributed by atoms with Crippen LogP contribution in [0.5, 0.6) is 0 Å². The van der Waals surface area contributed by atoms with E-state index in [2.05, 4.69) is 20.9 Å². The van der Waals surface area contributed by atoms with Crippen molar-refractivity contribution in [2.24, 2.45) is 5.92 Å². The molecular weight excluding hydrogens is 417 g/mol. The molecule has 1 aromatic heterocycles. The molecule has 27 heavy (non-hydrogen) atoms. The molecule has 2 amide bonds. The second-order valence-corrected chi connectivity index (χ2v) is 7.98. The van der Waals surface area contributed by atoms with E-state index in [4.69, 9.17) is 4.74 Å². The molecule has 1 unspecified atom stereocenters. The van der Waals surface area contributed by atoms with E-state index < -0.39 is 0 Å². The number of H-pyrrole nitrogens is 1. The Morgan fingerprint density at radius 2 is 1.93 bits per heavy atom. The first-order valence-electron chi connectivity index (χ1n) is 9.16. The summed E-state index contributed by atoms with van der Waals surface area (Å²) >= 11 is 3.26. The molecule has 2 fully saturated rings. The highest BCUT2D eigenvalue weighted by molar-refractivity contribution is 9.10. The Balaban J connectivity index is 1.50. The minimum atomic E-state index is -0.381. The highest BCUT2D eigenvalue weighted by atomic mass is 79.9. The summed E-state index contributed by atoms with van der Waals surface area (Å²) in [4.78, 5) is 32.2. The van der Waals surface area contributed by atoms with Crippen LogP contribution in [0, 0.1) is 11.7 Å². The summed E-state index contributed by atoms with van der Waals surface area (Å²) in [5, 5.41) is 0.388. The lowest BCUT2D eigenvalue weighted by atomic mass is 9.96. The zero-order valence-corrected chi connectivity index (χ0v) is 16.4. The first kappa shape index (κ1) is 18.4. The Morgan fingerprint density at radius 3 is 2.70 bits per heavy atom. The van der Waals surface area contributed by atoms with E-state index in [1.807, 2.05) is 4.90 Å². The van der Waals surface area contributed by atoms with Crippen molar-refractivity contribution in [1.29, 1.82) is 0 Å². The molecule has 0 bridgehead atoms. The van der Waals surface area contributed by atoms with E-state index in [1.54, 1.807) is 17.0 Å². The number of rotatable bonds is 2. The normalized spacial score (nSPS) is 20.9. The van der Waals surface area contributed by atoms with Crippen LogP contribution in [0.15, 0.2) is 22.7 Å². The van der Waals surface area contributed by atoms with Gasteiger partial charge in [-0.05, 0) is 31.0 Å². The van der Waals surface area contributed by atoms with Gasteiger partial charge in [0.25, 0.3) is 5.91 Å². The van der Waals surface area contributed by atoms with Gasteiger partial charge >= 0.3 is 0 Å². The maximum absolute atomic E-state index is 14.1. The van der Waals surface area contributed by atoms with Crippen LogP contribution in [-0.2, 0) is 9.53 Å². The quantitative estimate of drug-likeness (QED) is 0.785. The second-order valence-electron chi connectivity index (χ2n) is 7.06. The van der Waals surface area contributed by atoms with Gasteiger partial charge in [0.15, 0.2) is 0 Å². The van der Waals surface area contributed by atoms with Gasteiger partial charge in [0.05, 0.1) is 24.6 Å². The smallest absolute Gasteiger partial charge is 0.270 e. The standard InChI is InChI=1S/C19H21BrFN3O3/c20-13-8-15(21)14-10-17(22-16(14)9-13)19(26)24-3-1-2-12(11-24)18(25)23-4-6-27-7-5-23/h8-10,12,22H,1-7,11H2. The van der Waals surface area contributed by atoms with Crippen molar-refractivity contribution in [3.05, 3.63) is 34.2 Å². The lowest BCUT2D eigenvalue weighted by molar-refractivity contribution is -0.141. The predicted molar refractivity (Wildman–Crippen MR) is 102 cm³/mol. The van der Waals surface area contributed by atoms with Crippen LogP contribution in [0.25, 0.3) is 10.9 Å². The lowest BCUT2D eigenvalue weighted by Crippen LogP contribution is -2.49. The van der Waals surface area contributed by atoms with E-state index in [0.717, 1.165) is 12.8 Å². The number of likely N-dealkylation sites (tertiary alicyclic amines) is 1. The second kappa shape index (κ2) is 7.59. The molecule has 1 N–H and O–H groups in total. The number of ether oxygens (including phenoxy) is 1. The number of halogens is 2. The maximum atomic E-state index is 14.1. The third-order valence-electron chi connectivity index (χ3n) is 5.26. The molecule has 0 saturated carbocycles. The van der Waals surface area contributed by atoms with E-state index in [1.165, 1.54) is 6.07 Å². The van der Waals surface area contributed by atoms with Crippen molar-refractivity contribution in [3.8, 4) is 0 Å². The summed E-state index contributed by atoms with van der Waals surface area (Å²) in [5.41, 5.74) is 0.921. The molecule has 6 nitrogen and oxygen atoms in total. The van der Waals surface area contributed by atoms with Crippen LogP contribution >= 0.6 is 15.9 Å². The summed E-state index contributed by atoms with van der Waals surface area (Å²) < 4.78 is 20.0. The van der Waals surface area contributed by atoms with Gasteiger partial charge < -0.3 is 19.5 Å². The number of aromatic nitrogens is 1. The summed E-state index contributed by atoms with van der Waals surface area (Å²) in [5.74, 6) is -0.659. The van der Waals surface area contributed by atoms with Crippen LogP contribution in [-0.4, -0.2) is 66.0 Å². The SMILES string of the molecule is O=C(c1cc2c(F)cc(Br)cc2[nH]1)N1CCCC(C(=O)N2CCOCC2)C1. The molecule has 8 heteroatoms. The van der Waals surface area contributed by atoms with Crippen LogP contribution in [0.4, 0.5) is 4.39 Å². The molecule has 0 spiro atoms. The molecule has 2 aliphatic rings. The summed E-state index contributed by atoms with van der Waals surface area (Å²) in [6.07, 6.45) is 1.57. The molecule has 3 heterocycles. The van der Waals surface area contributed by atoms with E-state index in [0.29, 0.717) is 60.5 Å². The first-order chi connectivity index (χ1) is 13.0. The van der Waals surface area contributed by atoms with Gasteiger partial charge in [0.2, 0.25) is 5.91 Å². The molecule has 0 radical (unpaired) electrons. The first-order valence-corrected chi connectivity index (χ1v) is 9.96. The fourth-order valence-electron chi connectivity index (χ4n) is 3.85. The average Bonchev–Trinajstić information content (AvgIpc) is 3.12. The van der Waals surface area contributed by atoms with Gasteiger partial charge in [-0.15, -0.1) is 0 Å². The number of amides is 2. The number of hydrogen-bond acceptors (Lipinski definition) is 3. The zero-order valence-electron chi connectivity index (χ0n) is 14.8. The Hall–Kier alpha value is -1.93. The van der Waals surface area contributed by atoms with Crippen LogP contribution in [0.1, 0.15) is 23.3 Å². The number of morpholine rings is 1. The fraction of sp³-hybridized carbons (Fsp3) is 0.474. The number of hydrogen-bond donors (Lipinski definition) is 1. The molecule has 0 aliphatic carbocycles. The number of benzene rings is 1. The van der Waals surface area contributed by atoms with Gasteiger partial charge in [-0.1, -0.05) is 15.9 Å². The molecule has 4 rings (SSSR count). The number of carbonyl (C=O) groups is 2. The fourth-order valence-corrected chi connectivity index (χ4v) is 4.28. The number of nitrogens with zero attached hydrogens (tertiary/aromatic N) is 2.